The summed E-state index contributed by atoms with van der Waals surface area (Å²) in [6.07, 6.45) is 2.60. The summed E-state index contributed by atoms with van der Waals surface area (Å²) < 4.78 is 0. The second kappa shape index (κ2) is 12.2. The van der Waals surface area contributed by atoms with Gasteiger partial charge in [0.1, 0.15) is 5.92 Å². The van der Waals surface area contributed by atoms with Gasteiger partial charge in [0.25, 0.3) is 0 Å². The van der Waals surface area contributed by atoms with Crippen molar-refractivity contribution in [3.63, 3.8) is 0 Å². The summed E-state index contributed by atoms with van der Waals surface area (Å²) in [5.74, 6) is -1.82. The molecule has 2 rings (SSSR count). The van der Waals surface area contributed by atoms with E-state index in [1.54, 1.807) is 4.90 Å². The average Bonchev–Trinajstić information content (AvgIpc) is 3.21. The third kappa shape index (κ3) is 8.34. The largest absolute Gasteiger partial charge is 0.475 e. The fraction of sp³-hybridized carbons (Fsp3) is 0.640. The molecule has 34 heavy (non-hydrogen) atoms. The molecule has 0 radical (unpaired) electrons. The van der Waals surface area contributed by atoms with Crippen LogP contribution in [0.2, 0.25) is 0 Å². The molecule has 0 saturated carbocycles. The number of hydrogen-bond acceptors (Lipinski definition) is 5. The normalized spacial score (nSPS) is 18.5. The van der Waals surface area contributed by atoms with Crippen LogP contribution in [0.25, 0.3) is 0 Å². The van der Waals surface area contributed by atoms with Gasteiger partial charge in [-0.15, -0.1) is 0 Å². The Balaban J connectivity index is 1.93. The highest BCUT2D eigenvalue weighted by Crippen LogP contribution is 2.31. The van der Waals surface area contributed by atoms with Gasteiger partial charge < -0.3 is 25.6 Å². The number of rotatable bonds is 9. The highest BCUT2D eigenvalue weighted by molar-refractivity contribution is 6.43. The van der Waals surface area contributed by atoms with Crippen LogP contribution in [0.3, 0.4) is 0 Å². The standard InChI is InChI=1S/C25H39BN4O4/c1-17-8-10-19(11-9-17)13-22(26(33)34)29-24(32)28-16-20-7-6-12-30(20)23(31)21(15-27)18(2)14-25(3,4)5/h8-11,18,20-22,33-34H,6-7,12-14,16H2,1-5H3,(H2,28,29,32)/t18?,20-,21?,22+/m1/s1. The fourth-order valence-corrected chi connectivity index (χ4v) is 4.67. The SMILES string of the molecule is Cc1ccc(C[C@H](NC(=O)NC[C@H]2CCCN2C(=O)C(C#N)C(C)CC(C)(C)C)B(O)O)cc1. The molecule has 1 fully saturated rings. The molecule has 1 heterocycles. The van der Waals surface area contributed by atoms with Crippen molar-refractivity contribution in [2.45, 2.75) is 72.3 Å². The monoisotopic (exact) mass is 470 g/mol. The Labute approximate surface area is 203 Å². The Morgan fingerprint density at radius 1 is 1.26 bits per heavy atom. The Bertz CT molecular complexity index is 863. The van der Waals surface area contributed by atoms with E-state index in [1.165, 1.54) is 0 Å². The van der Waals surface area contributed by atoms with Gasteiger partial charge in [-0.3, -0.25) is 4.79 Å². The summed E-state index contributed by atoms with van der Waals surface area (Å²) in [5, 5.41) is 34.5. The predicted octanol–water partition coefficient (Wildman–Crippen LogP) is 2.42. The third-order valence-electron chi connectivity index (χ3n) is 6.32. The zero-order valence-electron chi connectivity index (χ0n) is 21.0. The first-order chi connectivity index (χ1) is 15.9. The highest BCUT2D eigenvalue weighted by Gasteiger charge is 2.37. The van der Waals surface area contributed by atoms with Crippen molar-refractivity contribution in [1.29, 1.82) is 5.26 Å². The molecule has 186 valence electrons. The number of nitrogens with zero attached hydrogens (tertiary/aromatic N) is 2. The molecule has 2 unspecified atom stereocenters. The summed E-state index contributed by atoms with van der Waals surface area (Å²) >= 11 is 0. The number of nitrogens with one attached hydrogen (secondary N) is 2. The van der Waals surface area contributed by atoms with Crippen LogP contribution in [-0.2, 0) is 11.2 Å². The number of carbonyl (C=O) groups is 2. The molecular weight excluding hydrogens is 431 g/mol. The molecule has 4 atom stereocenters. The predicted molar refractivity (Wildman–Crippen MR) is 132 cm³/mol. The van der Waals surface area contributed by atoms with Crippen LogP contribution < -0.4 is 10.6 Å². The molecule has 1 aliphatic rings. The van der Waals surface area contributed by atoms with E-state index in [-0.39, 0.29) is 36.2 Å². The zero-order chi connectivity index (χ0) is 25.5. The van der Waals surface area contributed by atoms with Gasteiger partial charge in [-0.2, -0.15) is 5.26 Å². The lowest BCUT2D eigenvalue weighted by atomic mass is 9.76. The van der Waals surface area contributed by atoms with E-state index in [1.807, 2.05) is 38.1 Å². The molecule has 0 aromatic heterocycles. The van der Waals surface area contributed by atoms with E-state index in [4.69, 9.17) is 0 Å². The Morgan fingerprint density at radius 3 is 2.47 bits per heavy atom. The molecule has 1 aromatic rings. The van der Waals surface area contributed by atoms with E-state index >= 15 is 0 Å². The van der Waals surface area contributed by atoms with Crippen molar-refractivity contribution in [3.05, 3.63) is 35.4 Å². The molecule has 1 saturated heterocycles. The van der Waals surface area contributed by atoms with Gasteiger partial charge in [0.15, 0.2) is 0 Å². The minimum absolute atomic E-state index is 0.0191. The maximum atomic E-state index is 13.2. The van der Waals surface area contributed by atoms with E-state index in [9.17, 15) is 24.9 Å². The third-order valence-corrected chi connectivity index (χ3v) is 6.32. The van der Waals surface area contributed by atoms with Gasteiger partial charge in [-0.05, 0) is 49.5 Å². The van der Waals surface area contributed by atoms with Gasteiger partial charge in [0.05, 0.1) is 12.0 Å². The van der Waals surface area contributed by atoms with Gasteiger partial charge in [-0.25, -0.2) is 4.79 Å². The van der Waals surface area contributed by atoms with Crippen molar-refractivity contribution < 1.29 is 19.6 Å². The molecule has 0 spiro atoms. The van der Waals surface area contributed by atoms with Crippen LogP contribution >= 0.6 is 0 Å². The summed E-state index contributed by atoms with van der Waals surface area (Å²) in [4.78, 5) is 27.4. The van der Waals surface area contributed by atoms with Crippen molar-refractivity contribution in [2.24, 2.45) is 17.3 Å². The molecule has 4 N–H and O–H groups in total. The molecule has 9 heteroatoms. The molecule has 0 bridgehead atoms. The highest BCUT2D eigenvalue weighted by atomic mass is 16.4. The van der Waals surface area contributed by atoms with E-state index in [2.05, 4.69) is 37.5 Å². The number of aryl methyl sites for hydroxylation is 1. The second-order valence-electron chi connectivity index (χ2n) is 10.7. The summed E-state index contributed by atoms with van der Waals surface area (Å²) in [6.45, 7) is 11.0. The number of likely N-dealkylation sites (tertiary alicyclic amines) is 1. The molecule has 1 aliphatic heterocycles. The van der Waals surface area contributed by atoms with Crippen LogP contribution in [0.15, 0.2) is 24.3 Å². The first kappa shape index (κ1) is 27.7. The van der Waals surface area contributed by atoms with Crippen LogP contribution in [0.1, 0.15) is 58.1 Å². The van der Waals surface area contributed by atoms with Crippen molar-refractivity contribution in [3.8, 4) is 6.07 Å². The topological polar surface area (TPSA) is 126 Å². The van der Waals surface area contributed by atoms with E-state index < -0.39 is 25.0 Å². The fourth-order valence-electron chi connectivity index (χ4n) is 4.67. The number of benzene rings is 1. The number of amides is 3. The Morgan fingerprint density at radius 2 is 1.91 bits per heavy atom. The average molecular weight is 470 g/mol. The van der Waals surface area contributed by atoms with Crippen LogP contribution in [0.5, 0.6) is 0 Å². The Kier molecular flexibility index (Phi) is 9.96. The molecule has 3 amide bonds. The van der Waals surface area contributed by atoms with Crippen molar-refractivity contribution in [2.75, 3.05) is 13.1 Å². The summed E-state index contributed by atoms with van der Waals surface area (Å²) in [6, 6.07) is 9.12. The summed E-state index contributed by atoms with van der Waals surface area (Å²) in [7, 11) is -1.71. The number of hydrogen-bond donors (Lipinski definition) is 4. The molecule has 0 aliphatic carbocycles. The molecule has 1 aromatic carbocycles. The quantitative estimate of drug-likeness (QED) is 0.413. The van der Waals surface area contributed by atoms with Crippen LogP contribution in [-0.4, -0.2) is 59.1 Å². The smallest absolute Gasteiger partial charge is 0.426 e. The van der Waals surface area contributed by atoms with E-state index in [0.29, 0.717) is 6.54 Å². The Hall–Kier alpha value is -2.57. The maximum absolute atomic E-state index is 13.2. The first-order valence-corrected chi connectivity index (χ1v) is 12.1. The van der Waals surface area contributed by atoms with Crippen molar-refractivity contribution >= 4 is 19.1 Å². The number of nitriles is 1. The van der Waals surface area contributed by atoms with Gasteiger partial charge in [-0.1, -0.05) is 57.5 Å². The van der Waals surface area contributed by atoms with E-state index in [0.717, 1.165) is 30.4 Å². The number of urea groups is 1. The van der Waals surface area contributed by atoms with Crippen LogP contribution in [0, 0.1) is 35.5 Å². The van der Waals surface area contributed by atoms with Gasteiger partial charge in [0.2, 0.25) is 5.91 Å². The lowest BCUT2D eigenvalue weighted by molar-refractivity contribution is -0.136. The molecule has 8 nitrogen and oxygen atoms in total. The minimum Gasteiger partial charge on any atom is -0.426 e. The second-order valence-corrected chi connectivity index (χ2v) is 10.7. The van der Waals surface area contributed by atoms with Crippen LogP contribution in [0.4, 0.5) is 4.79 Å². The lowest BCUT2D eigenvalue weighted by Crippen LogP contribution is -2.53. The minimum atomic E-state index is -1.71. The zero-order valence-corrected chi connectivity index (χ0v) is 21.0. The lowest BCUT2D eigenvalue weighted by Gasteiger charge is -2.31. The maximum Gasteiger partial charge on any atom is 0.475 e. The van der Waals surface area contributed by atoms with Gasteiger partial charge >= 0.3 is 13.1 Å². The first-order valence-electron chi connectivity index (χ1n) is 12.1. The van der Waals surface area contributed by atoms with Crippen molar-refractivity contribution in [1.82, 2.24) is 15.5 Å². The van der Waals surface area contributed by atoms with Gasteiger partial charge in [0, 0.05) is 19.1 Å². The number of carbonyl (C=O) groups excluding carboxylic acids is 2. The summed E-state index contributed by atoms with van der Waals surface area (Å²) in [5.41, 5.74) is 1.99. The molecular formula is C25H39BN4O4.